The van der Waals surface area contributed by atoms with Crippen LogP contribution in [0.1, 0.15) is 32.8 Å². The van der Waals surface area contributed by atoms with E-state index in [0.717, 1.165) is 0 Å². The average molecular weight is 703 g/mol. The van der Waals surface area contributed by atoms with Crippen LogP contribution in [0.5, 0.6) is 5.75 Å². The molecule has 2 saturated heterocycles. The number of aromatic nitrogens is 7. The molecule has 6 heterocycles. The summed E-state index contributed by atoms with van der Waals surface area (Å²) in [6.07, 6.45) is 5.67. The number of aromatic amines is 1. The lowest BCUT2D eigenvalue weighted by Crippen LogP contribution is -2.52. The maximum atomic E-state index is 13.3. The summed E-state index contributed by atoms with van der Waals surface area (Å²) in [6, 6.07) is 10.5. The maximum absolute atomic E-state index is 13.3. The Balaban J connectivity index is 0.000000240. The largest absolute Gasteiger partial charge is 0.494 e. The van der Waals surface area contributed by atoms with Crippen LogP contribution in [0.2, 0.25) is 0 Å². The first-order valence-electron chi connectivity index (χ1n) is 15.5. The third kappa shape index (κ3) is 7.07. The van der Waals surface area contributed by atoms with Gasteiger partial charge in [0.25, 0.3) is 17.6 Å². The number of rotatable bonds is 7. The number of pyridine rings is 1. The molecule has 260 valence electrons. The first-order valence-corrected chi connectivity index (χ1v) is 16.6. The summed E-state index contributed by atoms with van der Waals surface area (Å²) in [4.78, 5) is 68.8. The van der Waals surface area contributed by atoms with Crippen LogP contribution in [-0.2, 0) is 9.53 Å². The Morgan fingerprint density at radius 3 is 2.48 bits per heavy atom. The lowest BCUT2D eigenvalue weighted by molar-refractivity contribution is -0.127. The number of piperazine rings is 1. The molecular weight excluding hydrogens is 668 g/mol. The van der Waals surface area contributed by atoms with Crippen molar-refractivity contribution >= 4 is 46.1 Å². The Labute approximate surface area is 289 Å². The van der Waals surface area contributed by atoms with Gasteiger partial charge in [-0.2, -0.15) is 10.1 Å². The minimum absolute atomic E-state index is 0.0572. The van der Waals surface area contributed by atoms with Crippen LogP contribution in [0.4, 0.5) is 5.82 Å². The zero-order valence-corrected chi connectivity index (χ0v) is 27.9. The normalized spacial score (nSPS) is 17.3. The molecule has 4 N–H and O–H groups in total. The number of anilines is 1. The van der Waals surface area contributed by atoms with E-state index in [4.69, 9.17) is 20.3 Å². The number of aliphatic hydroxyl groups is 1. The molecule has 0 unspecified atom stereocenters. The standard InChI is InChI=1S/C24H23N7O4.C8H11N3O3S/c1-15-27-14-31(28-15)22-20-19(18(35-2)13-26-22)17(12-25-20)21(32)24(34)30-10-8-29(9-11-30)23(33)16-6-4-3-5-7-16;9-5-1-2-11(8(13)10-5)6-4-15-7(3-12)14-6/h3-7,12-14,25H,8-11H2,1-2H3;1-2,6-7,12H,3-4H2,(H2,9,10,13)/t;6-,7+/m.0/s1. The van der Waals surface area contributed by atoms with Crippen molar-refractivity contribution in [1.82, 2.24) is 44.1 Å². The molecule has 0 radical (unpaired) electrons. The van der Waals surface area contributed by atoms with Gasteiger partial charge < -0.3 is 35.1 Å². The van der Waals surface area contributed by atoms with Gasteiger partial charge in [0, 0.05) is 49.9 Å². The van der Waals surface area contributed by atoms with Crippen LogP contribution in [0.15, 0.2) is 66.1 Å². The molecule has 7 rings (SSSR count). The molecule has 4 aromatic heterocycles. The van der Waals surface area contributed by atoms with Crippen molar-refractivity contribution < 1.29 is 29.0 Å². The summed E-state index contributed by atoms with van der Waals surface area (Å²) < 4.78 is 13.7. The monoisotopic (exact) mass is 702 g/mol. The summed E-state index contributed by atoms with van der Waals surface area (Å²) in [6.45, 7) is 2.94. The first kappa shape index (κ1) is 34.3. The average Bonchev–Trinajstić information content (AvgIpc) is 3.91. The van der Waals surface area contributed by atoms with Gasteiger partial charge in [0.2, 0.25) is 0 Å². The van der Waals surface area contributed by atoms with Crippen LogP contribution in [-0.4, -0.2) is 118 Å². The summed E-state index contributed by atoms with van der Waals surface area (Å²) in [5, 5.41) is 13.6. The summed E-state index contributed by atoms with van der Waals surface area (Å²) >= 11 is 1.47. The molecule has 2 atom stereocenters. The van der Waals surface area contributed by atoms with Crippen LogP contribution >= 0.6 is 11.8 Å². The van der Waals surface area contributed by atoms with E-state index in [-0.39, 0.29) is 48.6 Å². The Morgan fingerprint density at radius 2 is 1.84 bits per heavy atom. The van der Waals surface area contributed by atoms with Gasteiger partial charge in [-0.1, -0.05) is 18.2 Å². The van der Waals surface area contributed by atoms with Gasteiger partial charge in [-0.15, -0.1) is 11.8 Å². The number of Topliss-reactive ketones (excluding diaryl/α,β-unsaturated/α-hetero) is 1. The number of aliphatic hydroxyl groups excluding tert-OH is 1. The van der Waals surface area contributed by atoms with E-state index in [0.29, 0.717) is 52.7 Å². The number of carbonyl (C=O) groups excluding carboxylic acids is 3. The highest BCUT2D eigenvalue weighted by atomic mass is 32.2. The number of nitrogens with zero attached hydrogens (tertiary/aromatic N) is 8. The molecule has 1 aromatic carbocycles. The van der Waals surface area contributed by atoms with Crippen molar-refractivity contribution in [2.45, 2.75) is 18.6 Å². The molecule has 18 heteroatoms. The third-order valence-corrected chi connectivity index (χ3v) is 9.17. The van der Waals surface area contributed by atoms with Gasteiger partial charge in [0.05, 0.1) is 36.4 Å². The number of fused-ring (bicyclic) bond motifs is 1. The number of hydrogen-bond acceptors (Lipinski definition) is 13. The number of amides is 2. The molecule has 5 aromatic rings. The molecule has 50 heavy (non-hydrogen) atoms. The highest BCUT2D eigenvalue weighted by molar-refractivity contribution is 8.00. The van der Waals surface area contributed by atoms with Crippen molar-refractivity contribution in [3.63, 3.8) is 0 Å². The number of H-pyrrole nitrogens is 1. The number of benzene rings is 1. The molecule has 2 amide bonds. The number of nitrogens with two attached hydrogens (primary N) is 1. The number of carbonyl (C=O) groups is 3. The van der Waals surface area contributed by atoms with E-state index in [2.05, 4.69) is 25.0 Å². The molecule has 17 nitrogen and oxygen atoms in total. The van der Waals surface area contributed by atoms with Gasteiger partial charge in [0.1, 0.15) is 35.4 Å². The van der Waals surface area contributed by atoms with Gasteiger partial charge in [-0.25, -0.2) is 19.4 Å². The van der Waals surface area contributed by atoms with E-state index < -0.39 is 17.4 Å². The molecule has 0 saturated carbocycles. The predicted molar refractivity (Wildman–Crippen MR) is 182 cm³/mol. The topological polar surface area (TPSA) is 217 Å². The molecule has 0 spiro atoms. The first-order chi connectivity index (χ1) is 24.2. The summed E-state index contributed by atoms with van der Waals surface area (Å²) in [5.74, 6) is 0.792. The second-order valence-electron chi connectivity index (χ2n) is 11.2. The molecule has 0 aliphatic carbocycles. The number of hydrogen-bond donors (Lipinski definition) is 3. The molecule has 2 aliphatic rings. The van der Waals surface area contributed by atoms with Crippen molar-refractivity contribution in [1.29, 1.82) is 0 Å². The summed E-state index contributed by atoms with van der Waals surface area (Å²) in [5.41, 5.74) is 5.96. The van der Waals surface area contributed by atoms with Crippen LogP contribution < -0.4 is 16.2 Å². The lowest BCUT2D eigenvalue weighted by Gasteiger charge is -2.34. The van der Waals surface area contributed by atoms with Crippen LogP contribution in [0, 0.1) is 6.92 Å². The number of thioether (sulfide) groups is 1. The van der Waals surface area contributed by atoms with Crippen LogP contribution in [0.25, 0.3) is 16.7 Å². The number of aryl methyl sites for hydroxylation is 1. The highest BCUT2D eigenvalue weighted by Crippen LogP contribution is 2.32. The predicted octanol–water partition coefficient (Wildman–Crippen LogP) is 1.03. The fourth-order valence-corrected chi connectivity index (χ4v) is 6.46. The summed E-state index contributed by atoms with van der Waals surface area (Å²) in [7, 11) is 1.47. The van der Waals surface area contributed by atoms with Gasteiger partial charge in [0.15, 0.2) is 5.82 Å². The number of ether oxygens (including phenoxy) is 2. The molecular formula is C32H34N10O7S. The quantitative estimate of drug-likeness (QED) is 0.160. The number of ketones is 1. The van der Waals surface area contributed by atoms with Crippen LogP contribution in [0.3, 0.4) is 0 Å². The Bertz CT molecular complexity index is 2070. The third-order valence-electron chi connectivity index (χ3n) is 8.06. The Kier molecular flexibility index (Phi) is 10.2. The van der Waals surface area contributed by atoms with E-state index >= 15 is 0 Å². The number of nitrogens with one attached hydrogen (secondary N) is 1. The van der Waals surface area contributed by atoms with Crippen molar-refractivity contribution in [2.75, 3.05) is 51.4 Å². The van der Waals surface area contributed by atoms with Crippen molar-refractivity contribution in [3.8, 4) is 11.6 Å². The molecule has 2 fully saturated rings. The molecule has 0 bridgehead atoms. The lowest BCUT2D eigenvalue weighted by atomic mass is 10.1. The molecule has 2 aliphatic heterocycles. The highest BCUT2D eigenvalue weighted by Gasteiger charge is 2.32. The second-order valence-corrected chi connectivity index (χ2v) is 12.4. The number of nitrogen functional groups attached to an aromatic ring is 1. The van der Waals surface area contributed by atoms with E-state index in [1.54, 1.807) is 36.2 Å². The maximum Gasteiger partial charge on any atom is 0.351 e. The van der Waals surface area contributed by atoms with E-state index in [1.807, 2.05) is 18.2 Å². The zero-order valence-electron chi connectivity index (χ0n) is 27.1. The minimum Gasteiger partial charge on any atom is -0.494 e. The van der Waals surface area contributed by atoms with E-state index in [1.165, 1.54) is 51.7 Å². The Hall–Kier alpha value is -5.59. The SMILES string of the molecule is COc1cnc(-n2cnc(C)n2)c2[nH]cc(C(=O)C(=O)N3CCN(C(=O)c4ccccc4)CC3)c12.Nc1ccn([C@@H]2CS[C@H](CO)O2)c(=O)n1. The second kappa shape index (κ2) is 14.9. The van der Waals surface area contributed by atoms with Crippen molar-refractivity contribution in [3.05, 3.63) is 88.8 Å². The fourth-order valence-electron chi connectivity index (χ4n) is 5.52. The van der Waals surface area contributed by atoms with Gasteiger partial charge in [-0.05, 0) is 25.1 Å². The minimum atomic E-state index is -0.663. The van der Waals surface area contributed by atoms with Gasteiger partial charge in [-0.3, -0.25) is 19.0 Å². The van der Waals surface area contributed by atoms with Crippen molar-refractivity contribution in [2.24, 2.45) is 0 Å². The smallest absolute Gasteiger partial charge is 0.351 e. The fraction of sp³-hybridized carbons (Fsp3) is 0.312. The Morgan fingerprint density at radius 1 is 1.10 bits per heavy atom. The zero-order chi connectivity index (χ0) is 35.4. The number of methoxy groups -OCH3 is 1. The van der Waals surface area contributed by atoms with Gasteiger partial charge >= 0.3 is 5.69 Å². The van der Waals surface area contributed by atoms with E-state index in [9.17, 15) is 19.2 Å².